The summed E-state index contributed by atoms with van der Waals surface area (Å²) < 4.78 is 44.7. The first-order chi connectivity index (χ1) is 12.4. The summed E-state index contributed by atoms with van der Waals surface area (Å²) in [6.07, 6.45) is 1.19. The highest BCUT2D eigenvalue weighted by Crippen LogP contribution is 2.32. The molecule has 0 radical (unpaired) electrons. The largest absolute Gasteiger partial charge is 0.488 e. The average molecular weight is 378 g/mol. The molecule has 138 valence electrons. The standard InChI is InChI=1S/C18H19FN2O4S/c1-20-18(22)21-11-14-7-5-12-6-8-16(10-17(12)25-14)26(23,24)15-4-2-3-13(19)9-15/h2-4,6,8-10,14H,5,7,11H2,1H3,(H2,20,21,22)/t14-/m1/s1. The maximum Gasteiger partial charge on any atom is 0.314 e. The predicted octanol–water partition coefficient (Wildman–Crippen LogP) is 2.28. The van der Waals surface area contributed by atoms with E-state index >= 15 is 0 Å². The molecule has 8 heteroatoms. The van der Waals surface area contributed by atoms with Crippen LogP contribution in [0.25, 0.3) is 0 Å². The van der Waals surface area contributed by atoms with E-state index in [-0.39, 0.29) is 21.9 Å². The molecule has 0 spiro atoms. The van der Waals surface area contributed by atoms with Gasteiger partial charge in [-0.15, -0.1) is 0 Å². The third kappa shape index (κ3) is 3.80. The van der Waals surface area contributed by atoms with Crippen molar-refractivity contribution < 1.29 is 22.3 Å². The topological polar surface area (TPSA) is 84.5 Å². The van der Waals surface area contributed by atoms with Crippen molar-refractivity contribution in [3.05, 3.63) is 53.8 Å². The van der Waals surface area contributed by atoms with Crippen molar-refractivity contribution in [2.24, 2.45) is 0 Å². The van der Waals surface area contributed by atoms with Crippen molar-refractivity contribution in [3.8, 4) is 5.75 Å². The van der Waals surface area contributed by atoms with Gasteiger partial charge < -0.3 is 15.4 Å². The van der Waals surface area contributed by atoms with E-state index in [0.29, 0.717) is 18.7 Å². The fourth-order valence-corrected chi connectivity index (χ4v) is 4.09. The zero-order valence-corrected chi connectivity index (χ0v) is 15.0. The molecule has 3 rings (SSSR count). The van der Waals surface area contributed by atoms with Crippen molar-refractivity contribution in [2.75, 3.05) is 13.6 Å². The number of amides is 2. The smallest absolute Gasteiger partial charge is 0.314 e. The summed E-state index contributed by atoms with van der Waals surface area (Å²) >= 11 is 0. The fourth-order valence-electron chi connectivity index (χ4n) is 2.78. The molecule has 2 amide bonds. The van der Waals surface area contributed by atoms with E-state index in [0.717, 1.165) is 18.1 Å². The van der Waals surface area contributed by atoms with Crippen molar-refractivity contribution >= 4 is 15.9 Å². The lowest BCUT2D eigenvalue weighted by Gasteiger charge is -2.26. The maximum absolute atomic E-state index is 13.4. The van der Waals surface area contributed by atoms with E-state index in [1.54, 1.807) is 6.07 Å². The first kappa shape index (κ1) is 18.2. The molecule has 1 heterocycles. The highest BCUT2D eigenvalue weighted by atomic mass is 32.2. The highest BCUT2D eigenvalue weighted by Gasteiger charge is 2.24. The number of fused-ring (bicyclic) bond motifs is 1. The van der Waals surface area contributed by atoms with Crippen LogP contribution in [0.3, 0.4) is 0 Å². The number of urea groups is 1. The zero-order valence-electron chi connectivity index (χ0n) is 14.2. The summed E-state index contributed by atoms with van der Waals surface area (Å²) in [5, 5.41) is 5.13. The molecule has 0 aromatic heterocycles. The Labute approximate surface area is 151 Å². The number of rotatable bonds is 4. The number of hydrogen-bond acceptors (Lipinski definition) is 4. The Morgan fingerprint density at radius 1 is 1.23 bits per heavy atom. The molecule has 1 atom stereocenters. The van der Waals surface area contributed by atoms with Crippen LogP contribution >= 0.6 is 0 Å². The van der Waals surface area contributed by atoms with Gasteiger partial charge in [0.1, 0.15) is 17.7 Å². The van der Waals surface area contributed by atoms with Crippen LogP contribution < -0.4 is 15.4 Å². The van der Waals surface area contributed by atoms with Gasteiger partial charge in [-0.25, -0.2) is 17.6 Å². The van der Waals surface area contributed by atoms with Gasteiger partial charge in [-0.05, 0) is 48.7 Å². The van der Waals surface area contributed by atoms with Crippen LogP contribution in [0, 0.1) is 5.82 Å². The second-order valence-corrected chi connectivity index (χ2v) is 7.92. The average Bonchev–Trinajstić information content (AvgIpc) is 2.65. The highest BCUT2D eigenvalue weighted by molar-refractivity contribution is 7.91. The fraction of sp³-hybridized carbons (Fsp3) is 0.278. The lowest BCUT2D eigenvalue weighted by Crippen LogP contribution is -2.41. The van der Waals surface area contributed by atoms with Crippen molar-refractivity contribution in [1.29, 1.82) is 0 Å². The Morgan fingerprint density at radius 2 is 2.00 bits per heavy atom. The van der Waals surface area contributed by atoms with E-state index in [9.17, 15) is 17.6 Å². The van der Waals surface area contributed by atoms with Gasteiger partial charge in [0.2, 0.25) is 9.84 Å². The van der Waals surface area contributed by atoms with E-state index in [1.807, 2.05) is 0 Å². The summed E-state index contributed by atoms with van der Waals surface area (Å²) in [4.78, 5) is 11.2. The third-order valence-electron chi connectivity index (χ3n) is 4.20. The Hall–Kier alpha value is -2.61. The van der Waals surface area contributed by atoms with Crippen molar-refractivity contribution in [3.63, 3.8) is 0 Å². The Morgan fingerprint density at radius 3 is 2.73 bits per heavy atom. The molecule has 1 aliphatic heterocycles. The lowest BCUT2D eigenvalue weighted by atomic mass is 10.0. The Balaban J connectivity index is 1.83. The van der Waals surface area contributed by atoms with E-state index < -0.39 is 15.7 Å². The second kappa shape index (κ2) is 7.33. The lowest BCUT2D eigenvalue weighted by molar-refractivity contribution is 0.169. The van der Waals surface area contributed by atoms with Crippen LogP contribution in [0.15, 0.2) is 52.3 Å². The summed E-state index contributed by atoms with van der Waals surface area (Å²) in [5.74, 6) is -0.141. The quantitative estimate of drug-likeness (QED) is 0.855. The predicted molar refractivity (Wildman–Crippen MR) is 93.5 cm³/mol. The summed E-state index contributed by atoms with van der Waals surface area (Å²) in [5.41, 5.74) is 0.902. The van der Waals surface area contributed by atoms with E-state index in [4.69, 9.17) is 4.74 Å². The summed E-state index contributed by atoms with van der Waals surface area (Å²) in [6, 6.07) is 9.27. The Bertz CT molecular complexity index is 931. The number of hydrogen-bond donors (Lipinski definition) is 2. The SMILES string of the molecule is CNC(=O)NC[C@H]1CCc2ccc(S(=O)(=O)c3cccc(F)c3)cc2O1. The van der Waals surface area contributed by atoms with E-state index in [2.05, 4.69) is 10.6 Å². The van der Waals surface area contributed by atoms with Crippen molar-refractivity contribution in [1.82, 2.24) is 10.6 Å². The molecule has 26 heavy (non-hydrogen) atoms. The minimum Gasteiger partial charge on any atom is -0.488 e. The minimum atomic E-state index is -3.84. The van der Waals surface area contributed by atoms with Gasteiger partial charge in [-0.2, -0.15) is 0 Å². The van der Waals surface area contributed by atoms with Crippen LogP contribution in [-0.2, 0) is 16.3 Å². The molecule has 2 N–H and O–H groups in total. The molecule has 0 saturated carbocycles. The van der Waals surface area contributed by atoms with Gasteiger partial charge >= 0.3 is 6.03 Å². The molecule has 0 bridgehead atoms. The molecular formula is C18H19FN2O4S. The first-order valence-corrected chi connectivity index (χ1v) is 9.64. The molecule has 1 aliphatic rings. The summed E-state index contributed by atoms with van der Waals surface area (Å²) in [6.45, 7) is 0.319. The first-order valence-electron chi connectivity index (χ1n) is 8.16. The van der Waals surface area contributed by atoms with Gasteiger partial charge in [0.25, 0.3) is 0 Å². The number of sulfone groups is 1. The Kier molecular flexibility index (Phi) is 5.13. The molecule has 0 saturated heterocycles. The second-order valence-electron chi connectivity index (χ2n) is 5.97. The van der Waals surface area contributed by atoms with Gasteiger partial charge in [0.05, 0.1) is 16.3 Å². The van der Waals surface area contributed by atoms with Crippen LogP contribution in [-0.4, -0.2) is 34.1 Å². The summed E-state index contributed by atoms with van der Waals surface area (Å²) in [7, 11) is -2.32. The zero-order chi connectivity index (χ0) is 18.7. The number of halogens is 1. The number of carbonyl (C=O) groups excluding carboxylic acids is 1. The molecule has 0 aliphatic carbocycles. The normalized spacial score (nSPS) is 16.3. The molecular weight excluding hydrogens is 359 g/mol. The number of aryl methyl sites for hydroxylation is 1. The molecule has 0 fully saturated rings. The van der Waals surface area contributed by atoms with Crippen LogP contribution in [0.1, 0.15) is 12.0 Å². The number of benzene rings is 2. The third-order valence-corrected chi connectivity index (χ3v) is 5.95. The maximum atomic E-state index is 13.4. The van der Waals surface area contributed by atoms with E-state index in [1.165, 1.54) is 37.4 Å². The molecule has 6 nitrogen and oxygen atoms in total. The van der Waals surface area contributed by atoms with Crippen LogP contribution in [0.4, 0.5) is 9.18 Å². The molecule has 2 aromatic carbocycles. The van der Waals surface area contributed by atoms with Gasteiger partial charge in [0.15, 0.2) is 0 Å². The minimum absolute atomic E-state index is 0.0433. The number of ether oxygens (including phenoxy) is 1. The van der Waals surface area contributed by atoms with Crippen molar-refractivity contribution in [2.45, 2.75) is 28.7 Å². The van der Waals surface area contributed by atoms with Crippen LogP contribution in [0.2, 0.25) is 0 Å². The van der Waals surface area contributed by atoms with Gasteiger partial charge in [-0.1, -0.05) is 12.1 Å². The molecule has 2 aromatic rings. The van der Waals surface area contributed by atoms with Crippen LogP contribution in [0.5, 0.6) is 5.75 Å². The monoisotopic (exact) mass is 378 g/mol. The number of carbonyl (C=O) groups is 1. The molecule has 0 unspecified atom stereocenters. The van der Waals surface area contributed by atoms with Gasteiger partial charge in [-0.3, -0.25) is 0 Å². The van der Waals surface area contributed by atoms with Gasteiger partial charge in [0, 0.05) is 7.05 Å². The number of nitrogens with one attached hydrogen (secondary N) is 2.